The summed E-state index contributed by atoms with van der Waals surface area (Å²) in [6.07, 6.45) is 1.63. The van der Waals surface area contributed by atoms with Gasteiger partial charge in [0.1, 0.15) is 5.76 Å². The number of urea groups is 1. The van der Waals surface area contributed by atoms with E-state index in [-0.39, 0.29) is 18.9 Å². The van der Waals surface area contributed by atoms with Gasteiger partial charge in [-0.05, 0) is 43.9 Å². The summed E-state index contributed by atoms with van der Waals surface area (Å²) >= 11 is 0. The number of likely N-dealkylation sites (N-methyl/N-ethyl adjacent to an activating group) is 1. The van der Waals surface area contributed by atoms with Crippen molar-refractivity contribution in [2.75, 3.05) is 27.4 Å². The predicted octanol–water partition coefficient (Wildman–Crippen LogP) is 2.11. The topological polar surface area (TPSA) is 76.0 Å². The third kappa shape index (κ3) is 3.80. The number of hydrogen-bond acceptors (Lipinski definition) is 5. The van der Waals surface area contributed by atoms with Crippen LogP contribution in [-0.4, -0.2) is 38.4 Å². The van der Waals surface area contributed by atoms with Crippen LogP contribution in [0, 0.1) is 0 Å². The minimum Gasteiger partial charge on any atom is -0.468 e. The second-order valence-electron chi connectivity index (χ2n) is 5.75. The van der Waals surface area contributed by atoms with Crippen molar-refractivity contribution < 1.29 is 18.7 Å². The van der Waals surface area contributed by atoms with Crippen LogP contribution in [0.3, 0.4) is 0 Å². The summed E-state index contributed by atoms with van der Waals surface area (Å²) < 4.78 is 16.0. The Bertz CT molecular complexity index is 685. The van der Waals surface area contributed by atoms with Gasteiger partial charge in [-0.1, -0.05) is 6.07 Å². The Hall–Kier alpha value is -2.67. The van der Waals surface area contributed by atoms with Crippen LogP contribution in [0.25, 0.3) is 0 Å². The first-order chi connectivity index (χ1) is 11.6. The molecule has 2 heterocycles. The van der Waals surface area contributed by atoms with Crippen LogP contribution in [0.1, 0.15) is 17.4 Å². The third-order valence-electron chi connectivity index (χ3n) is 3.84. The SMILES string of the molecule is CN(C)[C@H](CNC(=O)NCc1ccc2c(c1)OCO2)c1ccco1. The molecule has 0 spiro atoms. The molecule has 2 N–H and O–H groups in total. The maximum atomic E-state index is 12.0. The molecule has 24 heavy (non-hydrogen) atoms. The van der Waals surface area contributed by atoms with Gasteiger partial charge in [0.15, 0.2) is 11.5 Å². The number of rotatable bonds is 6. The Morgan fingerprint density at radius 2 is 2.04 bits per heavy atom. The lowest BCUT2D eigenvalue weighted by Crippen LogP contribution is -2.40. The number of furan rings is 1. The van der Waals surface area contributed by atoms with Gasteiger partial charge in [-0.15, -0.1) is 0 Å². The van der Waals surface area contributed by atoms with Gasteiger partial charge in [0.2, 0.25) is 6.79 Å². The molecule has 7 nitrogen and oxygen atoms in total. The predicted molar refractivity (Wildman–Crippen MR) is 87.9 cm³/mol. The highest BCUT2D eigenvalue weighted by Crippen LogP contribution is 2.32. The fraction of sp³-hybridized carbons (Fsp3) is 0.353. The van der Waals surface area contributed by atoms with E-state index in [1.165, 1.54) is 0 Å². The minimum absolute atomic E-state index is 0.0173. The molecule has 0 saturated heterocycles. The van der Waals surface area contributed by atoms with Crippen molar-refractivity contribution in [2.45, 2.75) is 12.6 Å². The third-order valence-corrected chi connectivity index (χ3v) is 3.84. The molecular weight excluding hydrogens is 310 g/mol. The van der Waals surface area contributed by atoms with Crippen LogP contribution >= 0.6 is 0 Å². The summed E-state index contributed by atoms with van der Waals surface area (Å²) in [6.45, 7) is 1.11. The van der Waals surface area contributed by atoms with Gasteiger partial charge in [0.05, 0.1) is 12.3 Å². The molecule has 128 valence electrons. The van der Waals surface area contributed by atoms with Crippen LogP contribution in [0.5, 0.6) is 11.5 Å². The second kappa shape index (κ2) is 7.27. The largest absolute Gasteiger partial charge is 0.468 e. The maximum absolute atomic E-state index is 12.0. The van der Waals surface area contributed by atoms with E-state index in [1.807, 2.05) is 49.3 Å². The summed E-state index contributed by atoms with van der Waals surface area (Å²) in [4.78, 5) is 14.0. The lowest BCUT2D eigenvalue weighted by Gasteiger charge is -2.22. The van der Waals surface area contributed by atoms with Crippen molar-refractivity contribution >= 4 is 6.03 Å². The van der Waals surface area contributed by atoms with E-state index in [1.54, 1.807) is 6.26 Å². The first-order valence-corrected chi connectivity index (χ1v) is 7.73. The van der Waals surface area contributed by atoms with E-state index < -0.39 is 0 Å². The van der Waals surface area contributed by atoms with E-state index in [0.717, 1.165) is 17.1 Å². The van der Waals surface area contributed by atoms with Gasteiger partial charge < -0.3 is 24.5 Å². The summed E-state index contributed by atoms with van der Waals surface area (Å²) in [5.41, 5.74) is 0.949. The zero-order valence-corrected chi connectivity index (χ0v) is 13.7. The second-order valence-corrected chi connectivity index (χ2v) is 5.75. The highest BCUT2D eigenvalue weighted by Gasteiger charge is 2.18. The average Bonchev–Trinajstić information content (AvgIpc) is 3.23. The van der Waals surface area contributed by atoms with E-state index in [9.17, 15) is 4.79 Å². The molecule has 1 aromatic carbocycles. The monoisotopic (exact) mass is 331 g/mol. The number of benzene rings is 1. The Morgan fingerprint density at radius 1 is 1.21 bits per heavy atom. The number of amides is 2. The Kier molecular flexibility index (Phi) is 4.90. The lowest BCUT2D eigenvalue weighted by molar-refractivity contribution is 0.174. The fourth-order valence-electron chi connectivity index (χ4n) is 2.50. The van der Waals surface area contributed by atoms with Crippen molar-refractivity contribution in [3.63, 3.8) is 0 Å². The normalized spacial score (nSPS) is 13.8. The molecule has 0 bridgehead atoms. The summed E-state index contributed by atoms with van der Waals surface area (Å²) in [6, 6.07) is 9.11. The Labute approximate surface area is 140 Å². The Morgan fingerprint density at radius 3 is 2.79 bits per heavy atom. The first kappa shape index (κ1) is 16.2. The number of nitrogens with zero attached hydrogens (tertiary/aromatic N) is 1. The molecule has 0 saturated carbocycles. The molecule has 2 aromatic rings. The number of nitrogens with one attached hydrogen (secondary N) is 2. The van der Waals surface area contributed by atoms with Gasteiger partial charge >= 0.3 is 6.03 Å². The summed E-state index contributed by atoms with van der Waals surface area (Å²) in [5.74, 6) is 2.26. The van der Waals surface area contributed by atoms with Crippen LogP contribution in [0.4, 0.5) is 4.79 Å². The highest BCUT2D eigenvalue weighted by molar-refractivity contribution is 5.73. The fourth-order valence-corrected chi connectivity index (χ4v) is 2.50. The molecule has 0 aliphatic carbocycles. The van der Waals surface area contributed by atoms with Crippen LogP contribution in [-0.2, 0) is 6.54 Å². The highest BCUT2D eigenvalue weighted by atomic mass is 16.7. The van der Waals surface area contributed by atoms with Gasteiger partial charge in [-0.2, -0.15) is 0 Å². The number of carbonyl (C=O) groups is 1. The van der Waals surface area contributed by atoms with Gasteiger partial charge in [-0.3, -0.25) is 4.90 Å². The van der Waals surface area contributed by atoms with Crippen molar-refractivity contribution in [3.05, 3.63) is 47.9 Å². The van der Waals surface area contributed by atoms with E-state index in [0.29, 0.717) is 18.8 Å². The quantitative estimate of drug-likeness (QED) is 0.848. The zero-order valence-electron chi connectivity index (χ0n) is 13.7. The van der Waals surface area contributed by atoms with Crippen molar-refractivity contribution in [1.82, 2.24) is 15.5 Å². The molecule has 1 aliphatic heterocycles. The van der Waals surface area contributed by atoms with Crippen molar-refractivity contribution in [2.24, 2.45) is 0 Å². The first-order valence-electron chi connectivity index (χ1n) is 7.73. The molecule has 1 atom stereocenters. The molecule has 0 radical (unpaired) electrons. The van der Waals surface area contributed by atoms with Crippen molar-refractivity contribution in [1.29, 1.82) is 0 Å². The molecule has 1 aliphatic rings. The zero-order chi connectivity index (χ0) is 16.9. The van der Waals surface area contributed by atoms with E-state index in [2.05, 4.69) is 10.6 Å². The van der Waals surface area contributed by atoms with E-state index >= 15 is 0 Å². The van der Waals surface area contributed by atoms with E-state index in [4.69, 9.17) is 13.9 Å². The maximum Gasteiger partial charge on any atom is 0.315 e. The molecular formula is C17H21N3O4. The lowest BCUT2D eigenvalue weighted by atomic mass is 10.2. The number of hydrogen-bond donors (Lipinski definition) is 2. The van der Waals surface area contributed by atoms with Crippen LogP contribution in [0.2, 0.25) is 0 Å². The van der Waals surface area contributed by atoms with Gasteiger partial charge in [0.25, 0.3) is 0 Å². The smallest absolute Gasteiger partial charge is 0.315 e. The minimum atomic E-state index is -0.230. The molecule has 0 fully saturated rings. The average molecular weight is 331 g/mol. The number of fused-ring (bicyclic) bond motifs is 1. The van der Waals surface area contributed by atoms with Crippen LogP contribution < -0.4 is 20.1 Å². The van der Waals surface area contributed by atoms with Crippen LogP contribution in [0.15, 0.2) is 41.0 Å². The standard InChI is InChI=1S/C17H21N3O4/c1-20(2)13(14-4-3-7-22-14)10-19-17(21)18-9-12-5-6-15-16(8-12)24-11-23-15/h3-8,13H,9-11H2,1-2H3,(H2,18,19,21)/t13-/m1/s1. The molecule has 2 amide bonds. The Balaban J connectivity index is 1.49. The van der Waals surface area contributed by atoms with Crippen molar-refractivity contribution in [3.8, 4) is 11.5 Å². The molecule has 1 aromatic heterocycles. The summed E-state index contributed by atoms with van der Waals surface area (Å²) in [7, 11) is 3.89. The van der Waals surface area contributed by atoms with Gasteiger partial charge in [0, 0.05) is 13.1 Å². The number of ether oxygens (including phenoxy) is 2. The van der Waals surface area contributed by atoms with Gasteiger partial charge in [-0.25, -0.2) is 4.79 Å². The molecule has 7 heteroatoms. The molecule has 0 unspecified atom stereocenters. The molecule has 3 rings (SSSR count). The summed E-state index contributed by atoms with van der Waals surface area (Å²) in [5, 5.41) is 5.70. The number of carbonyl (C=O) groups excluding carboxylic acids is 1.